The third-order valence-corrected chi connectivity index (χ3v) is 15.4. The number of rotatable bonds is 8. The summed E-state index contributed by atoms with van der Waals surface area (Å²) in [5.74, 6) is 0. The van der Waals surface area contributed by atoms with Gasteiger partial charge in [0.1, 0.15) is 11.2 Å². The van der Waals surface area contributed by atoms with E-state index in [-0.39, 0.29) is 21.2 Å². The molecule has 5 heteroatoms. The van der Waals surface area contributed by atoms with Crippen LogP contribution in [0.15, 0.2) is 221 Å². The van der Waals surface area contributed by atoms with Crippen LogP contribution in [0.1, 0.15) is 5.56 Å². The molecule has 0 atom stereocenters. The Hall–Kier alpha value is -7.87. The van der Waals surface area contributed by atoms with Crippen LogP contribution in [-0.2, 0) is 4.43 Å². The van der Waals surface area contributed by atoms with Gasteiger partial charge in [-0.3, -0.25) is 0 Å². The van der Waals surface area contributed by atoms with Crippen molar-refractivity contribution in [2.45, 2.75) is 4.43 Å². The first-order valence-electron chi connectivity index (χ1n) is 22.8. The molecule has 4 nitrogen and oxygen atoms in total. The summed E-state index contributed by atoms with van der Waals surface area (Å²) in [6.07, 6.45) is 0. The third-order valence-electron chi connectivity index (χ3n) is 13.8. The normalized spacial score (nSPS) is 12.1. The summed E-state index contributed by atoms with van der Waals surface area (Å²) in [5, 5.41) is 16.6. The molecule has 0 aliphatic rings. The number of para-hydroxylation sites is 2. The molecule has 0 saturated heterocycles. The van der Waals surface area contributed by atoms with Crippen molar-refractivity contribution in [1.82, 2.24) is 0 Å². The van der Waals surface area contributed by atoms with Gasteiger partial charge in [-0.1, -0.05) is 54.6 Å². The molecule has 14 rings (SSSR count). The summed E-state index contributed by atoms with van der Waals surface area (Å²) in [7, 11) is 0. The van der Waals surface area contributed by atoms with Gasteiger partial charge in [0.15, 0.2) is 0 Å². The SMILES string of the molecule is C[I-]Cc1ccc(N(c2ccccc2)c2ccc3ccc4c(N(c5ccccc5)c5cccc6oc7ccc8ccccc8c7c56)ccc5ccc2c3c54)c2c1oc1ccc3ccccc3c12. The Morgan fingerprint density at radius 3 is 1.40 bits per heavy atom. The fourth-order valence-corrected chi connectivity index (χ4v) is 12.4. The van der Waals surface area contributed by atoms with E-state index in [1.807, 2.05) is 0 Å². The standard InChI is InChI=1S/C62H40IN2O2/c1-63-37-42-27-34-52(61-59-46-20-11-9-14-39(46)29-36-55(59)67-62(42)61)65(44-17-6-3-7-18-44)50-33-26-41-23-30-47-49(32-25-40-24-31-48(50)57(41)56(40)47)64(43-15-4-2-5-16-43)51-21-12-22-53-60(51)58-45-19-10-8-13-38(45)28-35-54(58)66-53/h2-36H,37H2,1H3/q-1. The number of nitrogens with zero attached hydrogens (tertiary/aromatic N) is 2. The summed E-state index contributed by atoms with van der Waals surface area (Å²) in [6.45, 7) is 0. The molecular formula is C62H40IN2O2-. The van der Waals surface area contributed by atoms with Gasteiger partial charge in [-0.05, 0) is 47.2 Å². The fourth-order valence-electron chi connectivity index (χ4n) is 11.0. The quantitative estimate of drug-likeness (QED) is 0.0863. The van der Waals surface area contributed by atoms with Gasteiger partial charge in [-0.15, -0.1) is 0 Å². The number of hydrogen-bond acceptors (Lipinski definition) is 4. The first kappa shape index (κ1) is 38.4. The summed E-state index contributed by atoms with van der Waals surface area (Å²) >= 11 is -0.0169. The van der Waals surface area contributed by atoms with Crippen LogP contribution < -0.4 is 31.0 Å². The Kier molecular flexibility index (Phi) is 8.65. The third kappa shape index (κ3) is 5.77. The molecule has 0 unspecified atom stereocenters. The van der Waals surface area contributed by atoms with Crippen LogP contribution in [0.5, 0.6) is 0 Å². The molecule has 0 N–H and O–H groups in total. The maximum absolute atomic E-state index is 6.94. The predicted octanol–water partition coefficient (Wildman–Crippen LogP) is 14.8. The second kappa shape index (κ2) is 15.1. The number of furan rings is 2. The number of alkyl halides is 2. The molecule has 67 heavy (non-hydrogen) atoms. The molecular weight excluding hydrogens is 932 g/mol. The van der Waals surface area contributed by atoms with Gasteiger partial charge in [0.05, 0.1) is 11.1 Å². The molecule has 0 bridgehead atoms. The Balaban J connectivity index is 1.05. The van der Waals surface area contributed by atoms with Crippen molar-refractivity contribution in [3.05, 3.63) is 218 Å². The number of benzene rings is 12. The van der Waals surface area contributed by atoms with E-state index in [1.165, 1.54) is 59.4 Å². The number of fused-ring (bicyclic) bond motifs is 10. The molecule has 318 valence electrons. The number of halogens is 1. The van der Waals surface area contributed by atoms with Crippen LogP contribution in [0.2, 0.25) is 0 Å². The Labute approximate surface area is 396 Å². The van der Waals surface area contributed by atoms with Gasteiger partial charge < -0.3 is 9.32 Å². The van der Waals surface area contributed by atoms with Gasteiger partial charge in [-0.2, -0.15) is 0 Å². The van der Waals surface area contributed by atoms with E-state index in [0.717, 1.165) is 82.4 Å². The van der Waals surface area contributed by atoms with E-state index in [0.29, 0.717) is 0 Å². The second-order valence-electron chi connectivity index (χ2n) is 17.5. The van der Waals surface area contributed by atoms with Crippen molar-refractivity contribution in [1.29, 1.82) is 0 Å². The van der Waals surface area contributed by atoms with Gasteiger partial charge in [-0.25, -0.2) is 0 Å². The Morgan fingerprint density at radius 1 is 0.328 bits per heavy atom. The van der Waals surface area contributed by atoms with Crippen LogP contribution in [-0.4, -0.2) is 4.93 Å². The molecule has 2 heterocycles. The molecule has 0 radical (unpaired) electrons. The fraction of sp³-hybridized carbons (Fsp3) is 0.0323. The van der Waals surface area contributed by atoms with Gasteiger partial charge >= 0.3 is 255 Å². The van der Waals surface area contributed by atoms with Crippen molar-refractivity contribution >= 4 is 132 Å². The van der Waals surface area contributed by atoms with Crippen molar-refractivity contribution in [2.75, 3.05) is 14.7 Å². The van der Waals surface area contributed by atoms with Crippen molar-refractivity contribution in [3.8, 4) is 0 Å². The first-order valence-corrected chi connectivity index (χ1v) is 26.4. The van der Waals surface area contributed by atoms with Crippen LogP contribution >= 0.6 is 0 Å². The zero-order valence-electron chi connectivity index (χ0n) is 36.5. The average molecular weight is 972 g/mol. The topological polar surface area (TPSA) is 32.8 Å². The molecule has 2 aromatic heterocycles. The van der Waals surface area contributed by atoms with E-state index in [9.17, 15) is 0 Å². The predicted molar refractivity (Wildman–Crippen MR) is 279 cm³/mol. The second-order valence-corrected chi connectivity index (χ2v) is 19.7. The van der Waals surface area contributed by atoms with E-state index in [2.05, 4.69) is 227 Å². The molecule has 0 saturated carbocycles. The molecule has 0 fully saturated rings. The molecule has 14 aromatic rings. The minimum atomic E-state index is -0.0169. The minimum absolute atomic E-state index is 0.0169. The van der Waals surface area contributed by atoms with Gasteiger partial charge in [0, 0.05) is 11.1 Å². The molecule has 0 amide bonds. The summed E-state index contributed by atoms with van der Waals surface area (Å²) < 4.78 is 14.6. The summed E-state index contributed by atoms with van der Waals surface area (Å²) in [4.78, 5) is 7.26. The summed E-state index contributed by atoms with van der Waals surface area (Å²) in [5.41, 5.74) is 11.5. The van der Waals surface area contributed by atoms with Crippen LogP contribution in [0.25, 0.3) is 97.7 Å². The van der Waals surface area contributed by atoms with E-state index >= 15 is 0 Å². The number of hydrogen-bond donors (Lipinski definition) is 0. The first-order chi connectivity index (χ1) is 33.2. The zero-order chi connectivity index (χ0) is 44.2. The molecule has 0 aliphatic carbocycles. The van der Waals surface area contributed by atoms with Gasteiger partial charge in [0.2, 0.25) is 0 Å². The van der Waals surface area contributed by atoms with Crippen LogP contribution in [0, 0.1) is 0 Å². The van der Waals surface area contributed by atoms with Gasteiger partial charge in [0.25, 0.3) is 0 Å². The molecule has 0 spiro atoms. The molecule has 12 aromatic carbocycles. The Morgan fingerprint density at radius 2 is 0.806 bits per heavy atom. The molecule has 0 aliphatic heterocycles. The van der Waals surface area contributed by atoms with Crippen molar-refractivity contribution in [3.63, 3.8) is 0 Å². The van der Waals surface area contributed by atoms with E-state index in [1.54, 1.807) is 0 Å². The maximum atomic E-state index is 6.94. The van der Waals surface area contributed by atoms with Crippen LogP contribution in [0.3, 0.4) is 0 Å². The van der Waals surface area contributed by atoms with Crippen LogP contribution in [0.4, 0.5) is 34.1 Å². The Bertz CT molecular complexity index is 4250. The number of anilines is 6. The van der Waals surface area contributed by atoms with Crippen molar-refractivity contribution < 1.29 is 30.0 Å². The monoisotopic (exact) mass is 971 g/mol. The average Bonchev–Trinajstić information content (AvgIpc) is 3.98. The van der Waals surface area contributed by atoms with Crippen molar-refractivity contribution in [2.24, 2.45) is 0 Å². The summed E-state index contributed by atoms with van der Waals surface area (Å²) in [6, 6.07) is 77.2. The van der Waals surface area contributed by atoms with E-state index < -0.39 is 0 Å². The van der Waals surface area contributed by atoms with E-state index in [4.69, 9.17) is 8.83 Å². The zero-order valence-corrected chi connectivity index (χ0v) is 38.7.